The summed E-state index contributed by atoms with van der Waals surface area (Å²) in [6, 6.07) is 7.70. The van der Waals surface area contributed by atoms with E-state index in [1.807, 2.05) is 29.2 Å². The molecule has 148 valence electrons. The molecule has 4 heterocycles. The number of hydrazine groups is 1. The van der Waals surface area contributed by atoms with Gasteiger partial charge < -0.3 is 9.88 Å². The molecule has 1 aliphatic carbocycles. The molecule has 1 aromatic carbocycles. The van der Waals surface area contributed by atoms with Gasteiger partial charge in [0, 0.05) is 67.0 Å². The second-order valence-electron chi connectivity index (χ2n) is 8.90. The van der Waals surface area contributed by atoms with E-state index in [1.165, 1.54) is 12.8 Å². The number of aromatic nitrogens is 1. The predicted octanol–water partition coefficient (Wildman–Crippen LogP) is 2.32. The third-order valence-corrected chi connectivity index (χ3v) is 7.64. The number of hydrogen-bond acceptors (Lipinski definition) is 4. The van der Waals surface area contributed by atoms with Crippen LogP contribution in [0.3, 0.4) is 0 Å². The van der Waals surface area contributed by atoms with E-state index in [1.54, 1.807) is 0 Å². The van der Waals surface area contributed by atoms with Crippen molar-refractivity contribution in [2.45, 2.75) is 36.9 Å². The minimum absolute atomic E-state index is 0.0383. The van der Waals surface area contributed by atoms with Gasteiger partial charge >= 0.3 is 0 Å². The maximum atomic E-state index is 13.3. The molecule has 0 bridgehead atoms. The summed E-state index contributed by atoms with van der Waals surface area (Å²) in [4.78, 5) is 20.8. The van der Waals surface area contributed by atoms with Crippen molar-refractivity contribution in [3.8, 4) is 0 Å². The summed E-state index contributed by atoms with van der Waals surface area (Å²) >= 11 is 6.28. The Kier molecular flexibility index (Phi) is 3.45. The fourth-order valence-electron chi connectivity index (χ4n) is 5.38. The zero-order valence-corrected chi connectivity index (χ0v) is 16.8. The summed E-state index contributed by atoms with van der Waals surface area (Å²) in [6.07, 6.45) is 3.30. The number of nitrogens with one attached hydrogen (secondary N) is 2. The number of halogens is 1. The molecule has 3 unspecified atom stereocenters. The second kappa shape index (κ2) is 5.95. The lowest BCUT2D eigenvalue weighted by Gasteiger charge is -2.44. The van der Waals surface area contributed by atoms with Gasteiger partial charge in [0.2, 0.25) is 0 Å². The molecule has 3 aliphatic heterocycles. The Balaban J connectivity index is 1.26. The number of carbonyl (C=O) groups excluding carboxylic acids is 1. The van der Waals surface area contributed by atoms with E-state index in [0.717, 1.165) is 30.4 Å². The van der Waals surface area contributed by atoms with Crippen LogP contribution in [0.5, 0.6) is 0 Å². The third kappa shape index (κ3) is 2.48. The van der Waals surface area contributed by atoms with Crippen LogP contribution in [0.15, 0.2) is 24.3 Å². The number of amides is 1. The first-order chi connectivity index (χ1) is 13.9. The highest BCUT2D eigenvalue weighted by molar-refractivity contribution is 6.35. The van der Waals surface area contributed by atoms with Crippen LogP contribution in [0.1, 0.15) is 31.1 Å². The fraction of sp³-hybridized carbons (Fsp3) is 0.571. The molecule has 6 rings (SSSR count). The van der Waals surface area contributed by atoms with E-state index in [-0.39, 0.29) is 18.0 Å². The molecule has 0 radical (unpaired) electrons. The molecule has 1 aromatic heterocycles. The maximum Gasteiger partial charge on any atom is 0.270 e. The van der Waals surface area contributed by atoms with E-state index >= 15 is 0 Å². The summed E-state index contributed by atoms with van der Waals surface area (Å²) in [5.41, 5.74) is 5.37. The first kappa shape index (κ1) is 16.2. The van der Waals surface area contributed by atoms with Gasteiger partial charge in [-0.15, -0.1) is 0 Å². The first-order valence-corrected chi connectivity index (χ1v) is 10.6. The van der Waals surface area contributed by atoms with Gasteiger partial charge in [-0.25, -0.2) is 5.01 Å². The molecule has 28 heavy (non-hydrogen) atoms. The van der Waals surface area contributed by atoms with Crippen molar-refractivity contribution < 1.29 is 6.17 Å². The summed E-state index contributed by atoms with van der Waals surface area (Å²) in [5, 5.41) is 3.83. The van der Waals surface area contributed by atoms with Gasteiger partial charge in [0.15, 0.2) is 0 Å². The summed E-state index contributed by atoms with van der Waals surface area (Å²) in [6.45, 7) is 2.99. The zero-order valence-electron chi connectivity index (χ0n) is 17.0. The van der Waals surface area contributed by atoms with Crippen LogP contribution >= 0.6 is 11.6 Å². The van der Waals surface area contributed by atoms with E-state index < -0.39 is 5.89 Å². The highest BCUT2D eigenvalue weighted by atomic mass is 35.5. The van der Waals surface area contributed by atoms with Gasteiger partial charge in [-0.05, 0) is 44.5 Å². The zero-order chi connectivity index (χ0) is 20.0. The van der Waals surface area contributed by atoms with Gasteiger partial charge in [0.05, 0.1) is 0 Å². The average molecular weight is 401 g/mol. The van der Waals surface area contributed by atoms with Crippen molar-refractivity contribution in [2.24, 2.45) is 5.89 Å². The van der Waals surface area contributed by atoms with Gasteiger partial charge in [-0.3, -0.25) is 15.1 Å². The normalized spacial score (nSPS) is 35.1. The monoisotopic (exact) mass is 400 g/mol. The van der Waals surface area contributed by atoms with Crippen molar-refractivity contribution in [3.05, 3.63) is 35.0 Å². The maximum absolute atomic E-state index is 13.3. The summed E-state index contributed by atoms with van der Waals surface area (Å²) in [7, 11) is 2.20. The fourth-order valence-corrected chi connectivity index (χ4v) is 5.61. The Morgan fingerprint density at radius 2 is 2.21 bits per heavy atom. The van der Waals surface area contributed by atoms with E-state index in [2.05, 4.69) is 27.4 Å². The number of rotatable bonds is 1. The lowest BCUT2D eigenvalue weighted by Crippen LogP contribution is -2.60. The molecule has 1 spiro atoms. The van der Waals surface area contributed by atoms with Gasteiger partial charge in [0.1, 0.15) is 5.69 Å². The van der Waals surface area contributed by atoms with Crippen LogP contribution in [-0.4, -0.2) is 76.5 Å². The van der Waals surface area contributed by atoms with Crippen molar-refractivity contribution in [3.63, 3.8) is 0 Å². The van der Waals surface area contributed by atoms with Crippen LogP contribution in [0.2, 0.25) is 5.02 Å². The largest absolute Gasteiger partial charge is 0.350 e. The Morgan fingerprint density at radius 1 is 1.36 bits per heavy atom. The molecule has 7 heteroatoms. The molecule has 1 amide bonds. The molecule has 2 N–H and O–H groups in total. The predicted molar refractivity (Wildman–Crippen MR) is 109 cm³/mol. The van der Waals surface area contributed by atoms with Crippen molar-refractivity contribution in [2.75, 3.05) is 33.2 Å². The number of carbonyl (C=O) groups is 1. The van der Waals surface area contributed by atoms with Gasteiger partial charge in [-0.2, -0.15) is 0 Å². The van der Waals surface area contributed by atoms with Crippen LogP contribution in [0.4, 0.5) is 0 Å². The Morgan fingerprint density at radius 3 is 3.00 bits per heavy atom. The number of aromatic amines is 1. The van der Waals surface area contributed by atoms with E-state index in [9.17, 15) is 6.17 Å². The quantitative estimate of drug-likeness (QED) is 0.771. The van der Waals surface area contributed by atoms with Crippen LogP contribution in [0.25, 0.3) is 10.9 Å². The number of fused-ring (bicyclic) bond motifs is 4. The molecule has 6 nitrogen and oxygen atoms in total. The van der Waals surface area contributed by atoms with E-state index in [4.69, 9.17) is 11.6 Å². The smallest absolute Gasteiger partial charge is 0.270 e. The molecular formula is C21H26ClN5O. The second-order valence-corrected chi connectivity index (χ2v) is 9.31. The van der Waals surface area contributed by atoms with Crippen molar-refractivity contribution in [1.29, 1.82) is 0 Å². The number of nitrogens with zero attached hydrogens (tertiary/aromatic N) is 3. The van der Waals surface area contributed by atoms with Crippen LogP contribution in [0, 0.1) is 5.89 Å². The third-order valence-electron chi connectivity index (χ3n) is 7.31. The van der Waals surface area contributed by atoms with Crippen molar-refractivity contribution in [1.82, 2.24) is 25.2 Å². The minimum Gasteiger partial charge on any atom is -0.350 e. The molecule has 2 aromatic rings. The van der Waals surface area contributed by atoms with Gasteiger partial charge in [-0.1, -0.05) is 17.7 Å². The number of likely N-dealkylation sites (tertiary alicyclic amines) is 1. The average Bonchev–Trinajstić information content (AvgIpc) is 3.23. The minimum atomic E-state index is -0.692. The lowest BCUT2D eigenvalue weighted by atomic mass is 9.86. The highest BCUT2D eigenvalue weighted by Crippen LogP contribution is 2.46. The van der Waals surface area contributed by atoms with Crippen LogP contribution < -0.4 is 5.43 Å². The first-order valence-electron chi connectivity index (χ1n) is 10.7. The highest BCUT2D eigenvalue weighted by Gasteiger charge is 2.57. The number of hydrogen-bond donors (Lipinski definition) is 2. The molecule has 4 aliphatic rings. The summed E-state index contributed by atoms with van der Waals surface area (Å²) in [5.74, 6) is -0.730. The lowest BCUT2D eigenvalue weighted by molar-refractivity contribution is 0.0164. The number of likely N-dealkylation sites (N-methyl/N-ethyl adjacent to an activating group) is 1. The molecular weight excluding hydrogens is 374 g/mol. The van der Waals surface area contributed by atoms with Crippen molar-refractivity contribution >= 4 is 28.4 Å². The van der Waals surface area contributed by atoms with E-state index in [0.29, 0.717) is 29.3 Å². The Bertz CT molecular complexity index is 1010. The molecule has 1 saturated carbocycles. The molecule has 4 fully saturated rings. The Labute approximate surface area is 171 Å². The van der Waals surface area contributed by atoms with Gasteiger partial charge in [0.25, 0.3) is 5.91 Å². The SMILES string of the molecule is [2H]C12CN(C(=O)c3cc4c(Cl)cccc4[nH]3)CCC1NN1CC3(CC3)N(C)CC12. The topological polar surface area (TPSA) is 54.6 Å². The standard InChI is InChI=1S/C21H26ClN5O/c1-25-11-19-14-10-26(8-5-17(14)24-27(19)12-21(25)6-7-21)20(28)18-9-13-15(22)3-2-4-16(13)23-18/h2-4,9,14,17,19,23-24H,5-8,10-12H2,1H3/i14D. The summed E-state index contributed by atoms with van der Waals surface area (Å²) < 4.78 is 9.37. The number of benzene rings is 1. The Hall–Kier alpha value is -1.60. The number of piperidine rings is 1. The number of H-pyrrole nitrogens is 1. The molecule has 3 atom stereocenters. The number of piperazine rings is 1. The molecule has 3 saturated heterocycles. The van der Waals surface area contributed by atoms with Crippen LogP contribution in [-0.2, 0) is 0 Å².